The minimum atomic E-state index is 0.102. The van der Waals surface area contributed by atoms with E-state index in [2.05, 4.69) is 0 Å². The molecule has 4 heteroatoms. The van der Waals surface area contributed by atoms with Crippen LogP contribution in [-0.4, -0.2) is 19.8 Å². The fourth-order valence-corrected chi connectivity index (χ4v) is 1.33. The van der Waals surface area contributed by atoms with E-state index >= 15 is 0 Å². The van der Waals surface area contributed by atoms with Crippen LogP contribution in [0, 0.1) is 0 Å². The lowest BCUT2D eigenvalue weighted by atomic mass is 10.2. The fourth-order valence-electron chi connectivity index (χ4n) is 1.16. The summed E-state index contributed by atoms with van der Waals surface area (Å²) in [5.41, 5.74) is 6.16. The van der Waals surface area contributed by atoms with E-state index in [1.165, 1.54) is 0 Å². The summed E-state index contributed by atoms with van der Waals surface area (Å²) in [5.74, 6) is 0.734. The third kappa shape index (κ3) is 3.98. The Morgan fingerprint density at radius 3 is 2.80 bits per heavy atom. The molecule has 0 saturated carbocycles. The van der Waals surface area contributed by atoms with Crippen molar-refractivity contribution in [2.75, 3.05) is 19.5 Å². The first-order valence-corrected chi connectivity index (χ1v) is 5.22. The second kappa shape index (κ2) is 5.83. The predicted octanol–water partition coefficient (Wildman–Crippen LogP) is 2.73. The van der Waals surface area contributed by atoms with Crippen LogP contribution in [-0.2, 0) is 4.74 Å². The van der Waals surface area contributed by atoms with Gasteiger partial charge in [-0.3, -0.25) is 0 Å². The Hall–Kier alpha value is -0.930. The number of nitrogen functional groups attached to an aromatic ring is 1. The molecular formula is C11H16ClNO2. The Kier molecular flexibility index (Phi) is 4.72. The highest BCUT2D eigenvalue weighted by Gasteiger charge is 2.05. The number of ether oxygens (including phenoxy) is 2. The molecule has 0 radical (unpaired) electrons. The van der Waals surface area contributed by atoms with Crippen LogP contribution >= 0.6 is 11.6 Å². The van der Waals surface area contributed by atoms with Gasteiger partial charge in [0.1, 0.15) is 5.75 Å². The molecule has 0 aliphatic carbocycles. The van der Waals surface area contributed by atoms with E-state index in [4.69, 9.17) is 26.8 Å². The molecule has 0 fully saturated rings. The molecule has 1 unspecified atom stereocenters. The molecule has 1 rings (SSSR count). The first-order chi connectivity index (χ1) is 7.13. The van der Waals surface area contributed by atoms with Gasteiger partial charge >= 0.3 is 0 Å². The van der Waals surface area contributed by atoms with Crippen LogP contribution in [0.4, 0.5) is 5.69 Å². The Morgan fingerprint density at radius 2 is 2.20 bits per heavy atom. The van der Waals surface area contributed by atoms with Crippen LogP contribution in [0.2, 0.25) is 5.02 Å². The van der Waals surface area contributed by atoms with Crippen LogP contribution in [0.15, 0.2) is 18.2 Å². The summed E-state index contributed by atoms with van der Waals surface area (Å²) >= 11 is 5.87. The quantitative estimate of drug-likeness (QED) is 0.790. The van der Waals surface area contributed by atoms with Crippen molar-refractivity contribution in [3.63, 3.8) is 0 Å². The average Bonchev–Trinajstić information content (AvgIpc) is 2.20. The molecule has 0 saturated heterocycles. The summed E-state index contributed by atoms with van der Waals surface area (Å²) in [7, 11) is 1.67. The van der Waals surface area contributed by atoms with Crippen LogP contribution < -0.4 is 10.5 Å². The van der Waals surface area contributed by atoms with E-state index in [9.17, 15) is 0 Å². The number of anilines is 1. The van der Waals surface area contributed by atoms with Gasteiger partial charge in [0, 0.05) is 26.2 Å². The van der Waals surface area contributed by atoms with Gasteiger partial charge in [-0.25, -0.2) is 0 Å². The van der Waals surface area contributed by atoms with Gasteiger partial charge in [-0.2, -0.15) is 0 Å². The monoisotopic (exact) mass is 229 g/mol. The number of hydrogen-bond acceptors (Lipinski definition) is 3. The average molecular weight is 230 g/mol. The lowest BCUT2D eigenvalue weighted by Gasteiger charge is -2.14. The van der Waals surface area contributed by atoms with E-state index in [1.807, 2.05) is 13.0 Å². The maximum atomic E-state index is 5.87. The van der Waals surface area contributed by atoms with E-state index in [0.29, 0.717) is 17.3 Å². The normalized spacial score (nSPS) is 12.5. The van der Waals surface area contributed by atoms with Gasteiger partial charge in [0.2, 0.25) is 0 Å². The Labute approximate surface area is 95.1 Å². The Morgan fingerprint density at radius 1 is 1.47 bits per heavy atom. The topological polar surface area (TPSA) is 44.5 Å². The number of hydrogen-bond donors (Lipinski definition) is 1. The van der Waals surface area contributed by atoms with Crippen molar-refractivity contribution in [1.29, 1.82) is 0 Å². The van der Waals surface area contributed by atoms with Crippen molar-refractivity contribution in [2.45, 2.75) is 19.4 Å². The molecule has 0 aliphatic rings. The molecule has 3 nitrogen and oxygen atoms in total. The van der Waals surface area contributed by atoms with Gasteiger partial charge in [0.25, 0.3) is 0 Å². The summed E-state index contributed by atoms with van der Waals surface area (Å²) in [6, 6.07) is 5.27. The molecule has 1 aromatic rings. The number of halogens is 1. The molecule has 15 heavy (non-hydrogen) atoms. The van der Waals surface area contributed by atoms with Crippen molar-refractivity contribution in [3.05, 3.63) is 23.2 Å². The molecule has 1 aromatic carbocycles. The van der Waals surface area contributed by atoms with Crippen molar-refractivity contribution in [2.24, 2.45) is 0 Å². The van der Waals surface area contributed by atoms with E-state index in [1.54, 1.807) is 19.2 Å². The molecule has 1 atom stereocenters. The predicted molar refractivity (Wildman–Crippen MR) is 62.4 cm³/mol. The molecule has 2 N–H and O–H groups in total. The van der Waals surface area contributed by atoms with Crippen LogP contribution in [0.3, 0.4) is 0 Å². The largest absolute Gasteiger partial charge is 0.491 e. The molecule has 0 amide bonds. The van der Waals surface area contributed by atoms with Crippen LogP contribution in [0.1, 0.15) is 13.3 Å². The van der Waals surface area contributed by atoms with Crippen molar-refractivity contribution < 1.29 is 9.47 Å². The smallest absolute Gasteiger partial charge is 0.121 e. The number of methoxy groups -OCH3 is 1. The summed E-state index contributed by atoms with van der Waals surface area (Å²) in [5, 5.41) is 0.520. The number of benzene rings is 1. The number of nitrogens with two attached hydrogens (primary N) is 1. The van der Waals surface area contributed by atoms with Gasteiger partial charge in [0.05, 0.1) is 16.8 Å². The third-order valence-electron chi connectivity index (χ3n) is 2.04. The summed E-state index contributed by atoms with van der Waals surface area (Å²) < 4.78 is 10.6. The molecule has 0 heterocycles. The third-order valence-corrected chi connectivity index (χ3v) is 2.37. The first-order valence-electron chi connectivity index (χ1n) is 4.84. The standard InChI is InChI=1S/C11H16ClNO2/c1-8(5-6-14-2)15-9-3-4-11(13)10(12)7-9/h3-4,7-8H,5-6,13H2,1-2H3. The number of rotatable bonds is 5. The van der Waals surface area contributed by atoms with Gasteiger partial charge in [-0.1, -0.05) is 11.6 Å². The first kappa shape index (κ1) is 12.1. The summed E-state index contributed by atoms with van der Waals surface area (Å²) in [4.78, 5) is 0. The minimum absolute atomic E-state index is 0.102. The summed E-state index contributed by atoms with van der Waals surface area (Å²) in [6.07, 6.45) is 0.947. The highest BCUT2D eigenvalue weighted by Crippen LogP contribution is 2.25. The Bertz CT molecular complexity index is 317. The SMILES string of the molecule is COCCC(C)Oc1ccc(N)c(Cl)c1. The lowest BCUT2D eigenvalue weighted by Crippen LogP contribution is -2.14. The highest BCUT2D eigenvalue weighted by molar-refractivity contribution is 6.33. The van der Waals surface area contributed by atoms with Crippen molar-refractivity contribution in [3.8, 4) is 5.75 Å². The minimum Gasteiger partial charge on any atom is -0.491 e. The highest BCUT2D eigenvalue weighted by atomic mass is 35.5. The zero-order valence-electron chi connectivity index (χ0n) is 9.00. The molecule has 0 aromatic heterocycles. The van der Waals surface area contributed by atoms with E-state index in [0.717, 1.165) is 12.2 Å². The maximum Gasteiger partial charge on any atom is 0.121 e. The van der Waals surface area contributed by atoms with E-state index in [-0.39, 0.29) is 6.10 Å². The maximum absolute atomic E-state index is 5.87. The summed E-state index contributed by atoms with van der Waals surface area (Å²) in [6.45, 7) is 2.67. The Balaban J connectivity index is 2.53. The fraction of sp³-hybridized carbons (Fsp3) is 0.455. The van der Waals surface area contributed by atoms with Crippen LogP contribution in [0.5, 0.6) is 5.75 Å². The van der Waals surface area contributed by atoms with Crippen molar-refractivity contribution >= 4 is 17.3 Å². The van der Waals surface area contributed by atoms with Gasteiger partial charge in [-0.15, -0.1) is 0 Å². The molecule has 0 bridgehead atoms. The zero-order valence-corrected chi connectivity index (χ0v) is 9.75. The van der Waals surface area contributed by atoms with Gasteiger partial charge < -0.3 is 15.2 Å². The molecule has 84 valence electrons. The second-order valence-electron chi connectivity index (χ2n) is 3.39. The lowest BCUT2D eigenvalue weighted by molar-refractivity contribution is 0.135. The van der Waals surface area contributed by atoms with Crippen molar-refractivity contribution in [1.82, 2.24) is 0 Å². The molecular weight excluding hydrogens is 214 g/mol. The molecule has 0 spiro atoms. The molecule has 0 aliphatic heterocycles. The van der Waals surface area contributed by atoms with Crippen LogP contribution in [0.25, 0.3) is 0 Å². The van der Waals surface area contributed by atoms with Gasteiger partial charge in [-0.05, 0) is 19.1 Å². The van der Waals surface area contributed by atoms with Gasteiger partial charge in [0.15, 0.2) is 0 Å². The second-order valence-corrected chi connectivity index (χ2v) is 3.80. The zero-order chi connectivity index (χ0) is 11.3. The van der Waals surface area contributed by atoms with E-state index < -0.39 is 0 Å².